The first-order valence-corrected chi connectivity index (χ1v) is 5.68. The number of hydrogen-bond acceptors (Lipinski definition) is 2. The van der Waals surface area contributed by atoms with Gasteiger partial charge in [0.25, 0.3) is 0 Å². The molecule has 0 amide bonds. The summed E-state index contributed by atoms with van der Waals surface area (Å²) in [6, 6.07) is 8.16. The summed E-state index contributed by atoms with van der Waals surface area (Å²) in [6.45, 7) is 3.88. The lowest BCUT2D eigenvalue weighted by Crippen LogP contribution is -2.13. The molecule has 0 spiro atoms. The Morgan fingerprint density at radius 3 is 2.88 bits per heavy atom. The molecule has 0 aliphatic heterocycles. The molecule has 3 nitrogen and oxygen atoms in total. The third-order valence-corrected chi connectivity index (χ3v) is 2.55. The highest BCUT2D eigenvalue weighted by Crippen LogP contribution is 2.16. The van der Waals surface area contributed by atoms with Gasteiger partial charge in [0.05, 0.1) is 16.9 Å². The molecule has 0 atom stereocenters. The number of rotatable bonds is 4. The summed E-state index contributed by atoms with van der Waals surface area (Å²) in [5.41, 5.74) is 2.28. The molecule has 0 aliphatic rings. The second-order valence-corrected chi connectivity index (χ2v) is 3.95. The van der Waals surface area contributed by atoms with Crippen molar-refractivity contribution < 1.29 is 0 Å². The molecule has 0 unspecified atom stereocenters. The maximum atomic E-state index is 5.87. The fraction of sp³-hybridized carbons (Fsp3) is 0.250. The first-order chi connectivity index (χ1) is 7.81. The molecular formula is C12H14ClN3. The molecule has 0 radical (unpaired) electrons. The van der Waals surface area contributed by atoms with Gasteiger partial charge in [-0.25, -0.2) is 4.68 Å². The van der Waals surface area contributed by atoms with Crippen LogP contribution in [0, 0.1) is 0 Å². The van der Waals surface area contributed by atoms with E-state index in [0.29, 0.717) is 5.02 Å². The van der Waals surface area contributed by atoms with Crippen molar-refractivity contribution in [2.45, 2.75) is 13.5 Å². The highest BCUT2D eigenvalue weighted by Gasteiger charge is 2.04. The van der Waals surface area contributed by atoms with Crippen LogP contribution in [0.1, 0.15) is 12.5 Å². The monoisotopic (exact) mass is 235 g/mol. The largest absolute Gasteiger partial charge is 0.313 e. The van der Waals surface area contributed by atoms with E-state index in [2.05, 4.69) is 23.4 Å². The Morgan fingerprint density at radius 2 is 2.19 bits per heavy atom. The molecular weight excluding hydrogens is 222 g/mol. The summed E-state index contributed by atoms with van der Waals surface area (Å²) < 4.78 is 1.80. The van der Waals surface area contributed by atoms with Crippen LogP contribution in [0.5, 0.6) is 0 Å². The van der Waals surface area contributed by atoms with Crippen LogP contribution >= 0.6 is 11.6 Å². The lowest BCUT2D eigenvalue weighted by atomic mass is 10.2. The fourth-order valence-corrected chi connectivity index (χ4v) is 1.71. The van der Waals surface area contributed by atoms with Crippen LogP contribution in [-0.2, 0) is 6.54 Å². The number of aromatic nitrogens is 2. The molecule has 1 aromatic carbocycles. The Kier molecular flexibility index (Phi) is 3.59. The summed E-state index contributed by atoms with van der Waals surface area (Å²) in [5.74, 6) is 0. The van der Waals surface area contributed by atoms with Crippen LogP contribution in [0.4, 0.5) is 0 Å². The van der Waals surface area contributed by atoms with Crippen molar-refractivity contribution in [2.24, 2.45) is 0 Å². The zero-order chi connectivity index (χ0) is 11.4. The van der Waals surface area contributed by atoms with Crippen LogP contribution in [0.2, 0.25) is 5.02 Å². The van der Waals surface area contributed by atoms with Gasteiger partial charge in [-0.15, -0.1) is 0 Å². The first-order valence-electron chi connectivity index (χ1n) is 5.30. The second kappa shape index (κ2) is 5.14. The SMILES string of the molecule is CCNCc1ccccc1-n1cc(Cl)cn1. The Morgan fingerprint density at radius 1 is 1.38 bits per heavy atom. The summed E-state index contributed by atoms with van der Waals surface area (Å²) in [6.07, 6.45) is 3.46. The van der Waals surface area contributed by atoms with Crippen LogP contribution in [-0.4, -0.2) is 16.3 Å². The first kappa shape index (κ1) is 11.2. The fourth-order valence-electron chi connectivity index (χ4n) is 1.58. The zero-order valence-electron chi connectivity index (χ0n) is 9.15. The van der Waals surface area contributed by atoms with E-state index in [4.69, 9.17) is 11.6 Å². The number of halogens is 1. The molecule has 0 fully saturated rings. The lowest BCUT2D eigenvalue weighted by Gasteiger charge is -2.09. The third-order valence-electron chi connectivity index (χ3n) is 2.35. The number of benzene rings is 1. The zero-order valence-corrected chi connectivity index (χ0v) is 9.91. The van der Waals surface area contributed by atoms with Gasteiger partial charge in [-0.2, -0.15) is 5.10 Å². The van der Waals surface area contributed by atoms with Gasteiger partial charge >= 0.3 is 0 Å². The third kappa shape index (κ3) is 2.43. The van der Waals surface area contributed by atoms with E-state index in [1.807, 2.05) is 24.4 Å². The highest BCUT2D eigenvalue weighted by atomic mass is 35.5. The molecule has 1 aromatic heterocycles. The molecule has 1 N–H and O–H groups in total. The Balaban J connectivity index is 2.32. The average molecular weight is 236 g/mol. The number of hydrogen-bond donors (Lipinski definition) is 1. The molecule has 2 rings (SSSR count). The smallest absolute Gasteiger partial charge is 0.0790 e. The molecule has 0 saturated carbocycles. The Hall–Kier alpha value is -1.32. The minimum atomic E-state index is 0.651. The normalized spacial score (nSPS) is 10.6. The molecule has 0 saturated heterocycles. The number of para-hydroxylation sites is 1. The van der Waals surface area contributed by atoms with Crippen LogP contribution < -0.4 is 5.32 Å². The molecule has 16 heavy (non-hydrogen) atoms. The van der Waals surface area contributed by atoms with Crippen molar-refractivity contribution in [1.82, 2.24) is 15.1 Å². The van der Waals surface area contributed by atoms with Gasteiger partial charge < -0.3 is 5.32 Å². The van der Waals surface area contributed by atoms with E-state index in [-0.39, 0.29) is 0 Å². The molecule has 0 aliphatic carbocycles. The van der Waals surface area contributed by atoms with E-state index in [1.54, 1.807) is 10.9 Å². The standard InChI is InChI=1S/C12H14ClN3/c1-2-14-7-10-5-3-4-6-12(10)16-9-11(13)8-15-16/h3-6,8-9,14H,2,7H2,1H3. The maximum absolute atomic E-state index is 5.87. The van der Waals surface area contributed by atoms with Gasteiger partial charge in [0.15, 0.2) is 0 Å². The van der Waals surface area contributed by atoms with Gasteiger partial charge in [0.2, 0.25) is 0 Å². The minimum Gasteiger partial charge on any atom is -0.313 e. The van der Waals surface area contributed by atoms with Gasteiger partial charge in [-0.3, -0.25) is 0 Å². The highest BCUT2D eigenvalue weighted by molar-refractivity contribution is 6.30. The van der Waals surface area contributed by atoms with Crippen molar-refractivity contribution in [3.05, 3.63) is 47.2 Å². The quantitative estimate of drug-likeness (QED) is 0.883. The van der Waals surface area contributed by atoms with Gasteiger partial charge in [0, 0.05) is 12.7 Å². The molecule has 84 valence electrons. The molecule has 4 heteroatoms. The van der Waals surface area contributed by atoms with E-state index >= 15 is 0 Å². The van der Waals surface area contributed by atoms with E-state index in [0.717, 1.165) is 18.8 Å². The summed E-state index contributed by atoms with van der Waals surface area (Å²) >= 11 is 5.87. The predicted octanol–water partition coefficient (Wildman–Crippen LogP) is 2.64. The van der Waals surface area contributed by atoms with Gasteiger partial charge in [0.1, 0.15) is 0 Å². The molecule has 0 bridgehead atoms. The van der Waals surface area contributed by atoms with Crippen molar-refractivity contribution in [2.75, 3.05) is 6.54 Å². The number of nitrogens with one attached hydrogen (secondary N) is 1. The Bertz CT molecular complexity index is 465. The summed E-state index contributed by atoms with van der Waals surface area (Å²) in [7, 11) is 0. The molecule has 2 aromatic rings. The van der Waals surface area contributed by atoms with Crippen molar-refractivity contribution in [1.29, 1.82) is 0 Å². The lowest BCUT2D eigenvalue weighted by molar-refractivity contribution is 0.717. The van der Waals surface area contributed by atoms with Crippen LogP contribution in [0.15, 0.2) is 36.7 Å². The number of nitrogens with zero attached hydrogens (tertiary/aromatic N) is 2. The van der Waals surface area contributed by atoms with Gasteiger partial charge in [-0.1, -0.05) is 36.7 Å². The van der Waals surface area contributed by atoms with Crippen LogP contribution in [0.25, 0.3) is 5.69 Å². The van der Waals surface area contributed by atoms with Gasteiger partial charge in [-0.05, 0) is 18.2 Å². The minimum absolute atomic E-state index is 0.651. The van der Waals surface area contributed by atoms with Crippen molar-refractivity contribution in [3.8, 4) is 5.69 Å². The topological polar surface area (TPSA) is 29.9 Å². The van der Waals surface area contributed by atoms with E-state index in [1.165, 1.54) is 5.56 Å². The van der Waals surface area contributed by atoms with E-state index in [9.17, 15) is 0 Å². The molecule has 1 heterocycles. The second-order valence-electron chi connectivity index (χ2n) is 3.51. The van der Waals surface area contributed by atoms with E-state index < -0.39 is 0 Å². The summed E-state index contributed by atoms with van der Waals surface area (Å²) in [4.78, 5) is 0. The average Bonchev–Trinajstić information content (AvgIpc) is 2.73. The van der Waals surface area contributed by atoms with Crippen molar-refractivity contribution in [3.63, 3.8) is 0 Å². The maximum Gasteiger partial charge on any atom is 0.0790 e. The van der Waals surface area contributed by atoms with Crippen LogP contribution in [0.3, 0.4) is 0 Å². The van der Waals surface area contributed by atoms with Crippen molar-refractivity contribution >= 4 is 11.6 Å². The Labute approximate surface area is 100 Å². The predicted molar refractivity (Wildman–Crippen MR) is 66.0 cm³/mol. The summed E-state index contributed by atoms with van der Waals surface area (Å²) in [5, 5.41) is 8.17.